The number of carboxylic acid groups (broad SMARTS) is 1. The molecule has 2 heterocycles. The van der Waals surface area contributed by atoms with Crippen LogP contribution in [0, 0.1) is 5.95 Å². The number of aromatic nitrogens is 3. The number of ether oxygens (including phenoxy) is 2. The third-order valence-corrected chi connectivity index (χ3v) is 3.69. The fourth-order valence-corrected chi connectivity index (χ4v) is 2.77. The molecule has 0 aliphatic heterocycles. The van der Waals surface area contributed by atoms with E-state index in [1.54, 1.807) is 0 Å². The summed E-state index contributed by atoms with van der Waals surface area (Å²) < 4.78 is 60.6. The Hall–Kier alpha value is -3.15. The van der Waals surface area contributed by atoms with Crippen molar-refractivity contribution >= 4 is 22.1 Å². The lowest BCUT2D eigenvalue weighted by Crippen LogP contribution is -2.17. The van der Waals surface area contributed by atoms with Gasteiger partial charge in [-0.15, -0.1) is 18.3 Å². The van der Waals surface area contributed by atoms with Gasteiger partial charge in [0, 0.05) is 16.1 Å². The number of hydrogen-bond acceptors (Lipinski definition) is 5. The van der Waals surface area contributed by atoms with Gasteiger partial charge in [0.2, 0.25) is 11.8 Å². The van der Waals surface area contributed by atoms with Crippen LogP contribution in [-0.4, -0.2) is 32.4 Å². The van der Waals surface area contributed by atoms with Crippen LogP contribution in [0.2, 0.25) is 0 Å². The van der Waals surface area contributed by atoms with Crippen molar-refractivity contribution < 1.29 is 36.9 Å². The van der Waals surface area contributed by atoms with Gasteiger partial charge >= 0.3 is 12.5 Å². The molecular formula is C16H8BrF4N3O4. The van der Waals surface area contributed by atoms with Crippen LogP contribution in [0.15, 0.2) is 47.1 Å². The normalized spacial score (nSPS) is 11.3. The van der Waals surface area contributed by atoms with E-state index in [1.807, 2.05) is 0 Å². The molecule has 7 nitrogen and oxygen atoms in total. The van der Waals surface area contributed by atoms with Crippen LogP contribution < -0.4 is 9.47 Å². The van der Waals surface area contributed by atoms with Gasteiger partial charge < -0.3 is 14.6 Å². The van der Waals surface area contributed by atoms with Crippen molar-refractivity contribution in [3.05, 3.63) is 53.0 Å². The number of rotatable bonds is 4. The Bertz CT molecular complexity index is 1020. The van der Waals surface area contributed by atoms with E-state index in [-0.39, 0.29) is 27.3 Å². The fourth-order valence-electron chi connectivity index (χ4n) is 2.30. The van der Waals surface area contributed by atoms with Gasteiger partial charge in [-0.2, -0.15) is 4.39 Å². The zero-order valence-electron chi connectivity index (χ0n) is 13.4. The molecule has 0 saturated carbocycles. The van der Waals surface area contributed by atoms with Crippen LogP contribution in [-0.2, 0) is 0 Å². The van der Waals surface area contributed by atoms with Gasteiger partial charge in [0.15, 0.2) is 0 Å². The smallest absolute Gasteiger partial charge is 0.449 e. The molecule has 0 amide bonds. The highest BCUT2D eigenvalue weighted by Gasteiger charge is 2.31. The molecule has 1 N–H and O–H groups in total. The molecule has 0 radical (unpaired) electrons. The first kappa shape index (κ1) is 19.6. The molecule has 12 heteroatoms. The van der Waals surface area contributed by atoms with E-state index in [1.165, 1.54) is 18.2 Å². The molecule has 3 aromatic rings. The van der Waals surface area contributed by atoms with Crippen molar-refractivity contribution in [1.82, 2.24) is 14.8 Å². The lowest BCUT2D eigenvalue weighted by molar-refractivity contribution is -0.274. The highest BCUT2D eigenvalue weighted by Crippen LogP contribution is 2.34. The maximum absolute atomic E-state index is 13.1. The lowest BCUT2D eigenvalue weighted by Gasteiger charge is -2.12. The molecule has 3 rings (SSSR count). The molecule has 0 atom stereocenters. The summed E-state index contributed by atoms with van der Waals surface area (Å²) in [4.78, 5) is 14.3. The van der Waals surface area contributed by atoms with Crippen molar-refractivity contribution in [2.45, 2.75) is 6.36 Å². The van der Waals surface area contributed by atoms with Crippen molar-refractivity contribution in [3.8, 4) is 28.6 Å². The zero-order valence-corrected chi connectivity index (χ0v) is 15.0. The van der Waals surface area contributed by atoms with Gasteiger partial charge in [0.1, 0.15) is 5.75 Å². The summed E-state index contributed by atoms with van der Waals surface area (Å²) in [6, 6.07) is 7.17. The summed E-state index contributed by atoms with van der Waals surface area (Å²) in [5, 5.41) is 12.7. The first-order valence-corrected chi connectivity index (χ1v) is 8.09. The highest BCUT2D eigenvalue weighted by molar-refractivity contribution is 9.10. The molecule has 28 heavy (non-hydrogen) atoms. The standard InChI is InChI=1S/C16H8BrF4N3O4/c17-9-3-8(4-11(5-9)28-16(19,20)21)12-6-14(27-15(25)26)23-24(12)10-1-2-13(18)22-7-10/h1-7H,(H,25,26). The molecule has 0 unspecified atom stereocenters. The predicted molar refractivity (Wildman–Crippen MR) is 89.8 cm³/mol. The summed E-state index contributed by atoms with van der Waals surface area (Å²) in [6.07, 6.45) is -5.43. The van der Waals surface area contributed by atoms with Crippen molar-refractivity contribution in [1.29, 1.82) is 0 Å². The Balaban J connectivity index is 2.13. The molecule has 0 saturated heterocycles. The number of alkyl halides is 3. The lowest BCUT2D eigenvalue weighted by atomic mass is 10.1. The maximum Gasteiger partial charge on any atom is 0.573 e. The van der Waals surface area contributed by atoms with E-state index in [4.69, 9.17) is 5.11 Å². The largest absolute Gasteiger partial charge is 0.573 e. The number of pyridine rings is 1. The second-order valence-corrected chi connectivity index (χ2v) is 6.13. The van der Waals surface area contributed by atoms with E-state index in [0.717, 1.165) is 29.1 Å². The number of benzene rings is 1. The topological polar surface area (TPSA) is 86.5 Å². The molecule has 2 aromatic heterocycles. The van der Waals surface area contributed by atoms with E-state index < -0.39 is 24.2 Å². The molecular weight excluding hydrogens is 454 g/mol. The Labute approximate surface area is 162 Å². The molecule has 0 aliphatic carbocycles. The monoisotopic (exact) mass is 461 g/mol. The van der Waals surface area contributed by atoms with Crippen LogP contribution in [0.25, 0.3) is 16.9 Å². The number of nitrogens with zero attached hydrogens (tertiary/aromatic N) is 3. The third-order valence-electron chi connectivity index (χ3n) is 3.24. The van der Waals surface area contributed by atoms with E-state index in [9.17, 15) is 22.4 Å². The van der Waals surface area contributed by atoms with Gasteiger partial charge in [-0.1, -0.05) is 15.9 Å². The van der Waals surface area contributed by atoms with Gasteiger partial charge in [0.05, 0.1) is 17.6 Å². The summed E-state index contributed by atoms with van der Waals surface area (Å²) in [6.45, 7) is 0. The first-order valence-electron chi connectivity index (χ1n) is 7.30. The quantitative estimate of drug-likeness (QED) is 0.341. The summed E-state index contributed by atoms with van der Waals surface area (Å²) in [5.74, 6) is -1.62. The van der Waals surface area contributed by atoms with Gasteiger partial charge in [-0.05, 0) is 30.3 Å². The van der Waals surface area contributed by atoms with E-state index in [2.05, 4.69) is 35.5 Å². The number of carbonyl (C=O) groups is 1. The summed E-state index contributed by atoms with van der Waals surface area (Å²) in [5.41, 5.74) is 0.554. The Morgan fingerprint density at radius 2 is 1.93 bits per heavy atom. The predicted octanol–water partition coefficient (Wildman–Crippen LogP) is 4.79. The summed E-state index contributed by atoms with van der Waals surface area (Å²) >= 11 is 3.09. The Morgan fingerprint density at radius 3 is 2.54 bits per heavy atom. The van der Waals surface area contributed by atoms with Gasteiger partial charge in [-0.25, -0.2) is 14.5 Å². The number of hydrogen-bond donors (Lipinski definition) is 1. The molecule has 0 fully saturated rings. The average molecular weight is 462 g/mol. The molecule has 0 aliphatic rings. The minimum absolute atomic E-state index is 0.151. The van der Waals surface area contributed by atoms with Crippen molar-refractivity contribution in [2.24, 2.45) is 0 Å². The minimum atomic E-state index is -4.91. The molecule has 146 valence electrons. The molecule has 0 spiro atoms. The van der Waals surface area contributed by atoms with E-state index >= 15 is 0 Å². The molecule has 0 bridgehead atoms. The minimum Gasteiger partial charge on any atom is -0.449 e. The fraction of sp³-hybridized carbons (Fsp3) is 0.0625. The highest BCUT2D eigenvalue weighted by atomic mass is 79.9. The van der Waals surface area contributed by atoms with Gasteiger partial charge in [0.25, 0.3) is 0 Å². The van der Waals surface area contributed by atoms with Crippen LogP contribution in [0.1, 0.15) is 0 Å². The SMILES string of the molecule is O=C(O)Oc1cc(-c2cc(Br)cc(OC(F)(F)F)c2)n(-c2ccc(F)nc2)n1. The van der Waals surface area contributed by atoms with Crippen LogP contribution in [0.5, 0.6) is 11.6 Å². The second kappa shape index (κ2) is 7.46. The van der Waals surface area contributed by atoms with Crippen LogP contribution in [0.4, 0.5) is 22.4 Å². The Kier molecular flexibility index (Phi) is 5.23. The zero-order chi connectivity index (χ0) is 20.5. The summed E-state index contributed by atoms with van der Waals surface area (Å²) in [7, 11) is 0. The Morgan fingerprint density at radius 1 is 1.18 bits per heavy atom. The van der Waals surface area contributed by atoms with Crippen LogP contribution >= 0.6 is 15.9 Å². The third kappa shape index (κ3) is 4.76. The number of halogens is 5. The van der Waals surface area contributed by atoms with E-state index in [0.29, 0.717) is 0 Å². The maximum atomic E-state index is 13.1. The van der Waals surface area contributed by atoms with Crippen molar-refractivity contribution in [2.75, 3.05) is 0 Å². The van der Waals surface area contributed by atoms with Crippen molar-refractivity contribution in [3.63, 3.8) is 0 Å². The van der Waals surface area contributed by atoms with Crippen LogP contribution in [0.3, 0.4) is 0 Å². The second-order valence-electron chi connectivity index (χ2n) is 5.21. The molecule has 1 aromatic carbocycles. The first-order chi connectivity index (χ1) is 13.1. The van der Waals surface area contributed by atoms with Gasteiger partial charge in [-0.3, -0.25) is 0 Å². The average Bonchev–Trinajstić information content (AvgIpc) is 2.96.